The summed E-state index contributed by atoms with van der Waals surface area (Å²) in [7, 11) is 0. The zero-order chi connectivity index (χ0) is 20.2. The number of pyridine rings is 1. The number of hydrogen-bond donors (Lipinski definition) is 1. The number of fused-ring (bicyclic) bond motifs is 1. The second kappa shape index (κ2) is 8.45. The van der Waals surface area contributed by atoms with Crippen molar-refractivity contribution in [3.05, 3.63) is 100 Å². The van der Waals surface area contributed by atoms with Crippen molar-refractivity contribution in [1.82, 2.24) is 15.2 Å². The molecule has 1 atom stereocenters. The first kappa shape index (κ1) is 19.2. The molecule has 6 heteroatoms. The van der Waals surface area contributed by atoms with Crippen molar-refractivity contribution in [2.45, 2.75) is 19.0 Å². The molecule has 29 heavy (non-hydrogen) atoms. The largest absolute Gasteiger partial charge is 0.350 e. The Balaban J connectivity index is 1.52. The second-order valence-corrected chi connectivity index (χ2v) is 7.34. The summed E-state index contributed by atoms with van der Waals surface area (Å²) in [5, 5.41) is 3.61. The van der Waals surface area contributed by atoms with Crippen LogP contribution in [-0.2, 0) is 17.8 Å². The second-order valence-electron chi connectivity index (χ2n) is 6.90. The van der Waals surface area contributed by atoms with Crippen molar-refractivity contribution in [2.24, 2.45) is 0 Å². The Hall–Kier alpha value is -3.18. The Kier molecular flexibility index (Phi) is 5.58. The molecule has 4 rings (SSSR count). The smallest absolute Gasteiger partial charge is 0.255 e. The Labute approximate surface area is 174 Å². The monoisotopic (exact) mass is 405 g/mol. The quantitative estimate of drug-likeness (QED) is 0.678. The number of nitrogens with one attached hydrogen (secondary N) is 1. The lowest BCUT2D eigenvalue weighted by atomic mass is 10.0. The molecule has 2 heterocycles. The van der Waals surface area contributed by atoms with Crippen molar-refractivity contribution < 1.29 is 9.59 Å². The van der Waals surface area contributed by atoms with E-state index in [0.29, 0.717) is 30.1 Å². The zero-order valence-corrected chi connectivity index (χ0v) is 16.5. The van der Waals surface area contributed by atoms with Gasteiger partial charge < -0.3 is 10.2 Å². The number of amides is 2. The number of hydrogen-bond acceptors (Lipinski definition) is 3. The van der Waals surface area contributed by atoms with Crippen molar-refractivity contribution in [3.63, 3.8) is 0 Å². The summed E-state index contributed by atoms with van der Waals surface area (Å²) in [6, 6.07) is 19.7. The van der Waals surface area contributed by atoms with Crippen molar-refractivity contribution in [2.75, 3.05) is 6.54 Å². The van der Waals surface area contributed by atoms with Gasteiger partial charge in [0.2, 0.25) is 5.91 Å². The van der Waals surface area contributed by atoms with Crippen LogP contribution in [0.3, 0.4) is 0 Å². The average molecular weight is 406 g/mol. The molecule has 0 aliphatic carbocycles. The van der Waals surface area contributed by atoms with E-state index < -0.39 is 6.04 Å². The third-order valence-corrected chi connectivity index (χ3v) is 5.27. The first-order chi connectivity index (χ1) is 14.1. The van der Waals surface area contributed by atoms with Gasteiger partial charge in [0.25, 0.3) is 5.91 Å². The molecule has 3 aromatic rings. The zero-order valence-electron chi connectivity index (χ0n) is 15.7. The summed E-state index contributed by atoms with van der Waals surface area (Å²) < 4.78 is 0. The minimum absolute atomic E-state index is 0.122. The minimum Gasteiger partial charge on any atom is -0.350 e. The number of aromatic nitrogens is 1. The maximum atomic E-state index is 13.1. The lowest BCUT2D eigenvalue weighted by Gasteiger charge is -2.24. The number of rotatable bonds is 6. The summed E-state index contributed by atoms with van der Waals surface area (Å²) in [4.78, 5) is 32.0. The predicted octanol–water partition coefficient (Wildman–Crippen LogP) is 3.79. The normalized spacial score (nSPS) is 15.3. The maximum absolute atomic E-state index is 13.1. The SMILES string of the molecule is O=C(NCc1ccc(Cl)cc1)C1c2ccccc2C(=O)N1CCc1ccccn1. The highest BCUT2D eigenvalue weighted by molar-refractivity contribution is 6.30. The summed E-state index contributed by atoms with van der Waals surface area (Å²) in [5.74, 6) is -0.317. The van der Waals surface area contributed by atoms with Crippen LogP contribution in [0.5, 0.6) is 0 Å². The molecular formula is C23H20ClN3O2. The Morgan fingerprint density at radius 3 is 2.55 bits per heavy atom. The van der Waals surface area contributed by atoms with E-state index in [0.717, 1.165) is 16.8 Å². The fourth-order valence-corrected chi connectivity index (χ4v) is 3.68. The Morgan fingerprint density at radius 2 is 1.79 bits per heavy atom. The Morgan fingerprint density at radius 1 is 1.03 bits per heavy atom. The molecule has 0 saturated heterocycles. The number of halogens is 1. The van der Waals surface area contributed by atoms with E-state index in [1.807, 2.05) is 48.5 Å². The molecule has 2 aromatic carbocycles. The molecule has 0 bridgehead atoms. The van der Waals surface area contributed by atoms with E-state index >= 15 is 0 Å². The van der Waals surface area contributed by atoms with Gasteiger partial charge in [0, 0.05) is 42.0 Å². The molecule has 146 valence electrons. The lowest BCUT2D eigenvalue weighted by Crippen LogP contribution is -2.40. The summed E-state index contributed by atoms with van der Waals surface area (Å²) in [5.41, 5.74) is 3.16. The van der Waals surface area contributed by atoms with Gasteiger partial charge in [-0.1, -0.05) is 48.0 Å². The topological polar surface area (TPSA) is 62.3 Å². The van der Waals surface area contributed by atoms with Crippen LogP contribution in [-0.4, -0.2) is 28.2 Å². The van der Waals surface area contributed by atoms with E-state index in [2.05, 4.69) is 10.3 Å². The van der Waals surface area contributed by atoms with E-state index in [1.54, 1.807) is 29.3 Å². The molecule has 0 radical (unpaired) electrons. The van der Waals surface area contributed by atoms with E-state index in [-0.39, 0.29) is 11.8 Å². The van der Waals surface area contributed by atoms with Crippen LogP contribution >= 0.6 is 11.6 Å². The van der Waals surface area contributed by atoms with Gasteiger partial charge in [-0.25, -0.2) is 0 Å². The molecule has 1 aliphatic rings. The molecule has 1 N–H and O–H groups in total. The molecule has 2 amide bonds. The number of carbonyl (C=O) groups is 2. The standard InChI is InChI=1S/C23H20ClN3O2/c24-17-10-8-16(9-11-17)15-26-22(28)21-19-6-1-2-7-20(19)23(29)27(21)14-12-18-5-3-4-13-25-18/h1-11,13,21H,12,14-15H2,(H,26,28). The van der Waals surface area contributed by atoms with Gasteiger partial charge in [-0.3, -0.25) is 14.6 Å². The van der Waals surface area contributed by atoms with E-state index in [4.69, 9.17) is 11.6 Å². The fourth-order valence-electron chi connectivity index (χ4n) is 3.55. The van der Waals surface area contributed by atoms with Crippen LogP contribution in [0.15, 0.2) is 72.9 Å². The molecule has 1 aromatic heterocycles. The summed E-state index contributed by atoms with van der Waals surface area (Å²) in [6.45, 7) is 0.792. The maximum Gasteiger partial charge on any atom is 0.255 e. The van der Waals surface area contributed by atoms with Gasteiger partial charge in [-0.05, 0) is 41.5 Å². The van der Waals surface area contributed by atoms with E-state index in [1.165, 1.54) is 0 Å². The van der Waals surface area contributed by atoms with Crippen LogP contribution in [0.2, 0.25) is 5.02 Å². The molecule has 0 saturated carbocycles. The predicted molar refractivity (Wildman–Crippen MR) is 111 cm³/mol. The average Bonchev–Trinajstić information content (AvgIpc) is 3.04. The van der Waals surface area contributed by atoms with Crippen LogP contribution in [0.4, 0.5) is 0 Å². The first-order valence-corrected chi connectivity index (χ1v) is 9.83. The lowest BCUT2D eigenvalue weighted by molar-refractivity contribution is -0.125. The minimum atomic E-state index is -0.644. The molecule has 1 unspecified atom stereocenters. The molecule has 5 nitrogen and oxygen atoms in total. The van der Waals surface area contributed by atoms with Crippen molar-refractivity contribution in [3.8, 4) is 0 Å². The number of carbonyl (C=O) groups excluding carboxylic acids is 2. The van der Waals surface area contributed by atoms with Crippen molar-refractivity contribution >= 4 is 23.4 Å². The third-order valence-electron chi connectivity index (χ3n) is 5.02. The number of nitrogens with zero attached hydrogens (tertiary/aromatic N) is 2. The van der Waals surface area contributed by atoms with Crippen LogP contribution in [0.1, 0.15) is 33.2 Å². The molecule has 0 spiro atoms. The highest BCUT2D eigenvalue weighted by atomic mass is 35.5. The van der Waals surface area contributed by atoms with Gasteiger partial charge >= 0.3 is 0 Å². The molecule has 0 fully saturated rings. The van der Waals surface area contributed by atoms with Gasteiger partial charge in [-0.15, -0.1) is 0 Å². The van der Waals surface area contributed by atoms with Gasteiger partial charge in [-0.2, -0.15) is 0 Å². The van der Waals surface area contributed by atoms with Crippen LogP contribution < -0.4 is 5.32 Å². The molecule has 1 aliphatic heterocycles. The third kappa shape index (κ3) is 4.15. The highest BCUT2D eigenvalue weighted by Crippen LogP contribution is 2.33. The summed E-state index contributed by atoms with van der Waals surface area (Å²) in [6.07, 6.45) is 2.31. The fraction of sp³-hybridized carbons (Fsp3) is 0.174. The molecular weight excluding hydrogens is 386 g/mol. The van der Waals surface area contributed by atoms with E-state index in [9.17, 15) is 9.59 Å². The number of benzene rings is 2. The van der Waals surface area contributed by atoms with Crippen molar-refractivity contribution in [1.29, 1.82) is 0 Å². The summed E-state index contributed by atoms with van der Waals surface area (Å²) >= 11 is 5.92. The van der Waals surface area contributed by atoms with Crippen LogP contribution in [0.25, 0.3) is 0 Å². The van der Waals surface area contributed by atoms with Crippen LogP contribution in [0, 0.1) is 0 Å². The van der Waals surface area contributed by atoms with Gasteiger partial charge in [0.1, 0.15) is 6.04 Å². The first-order valence-electron chi connectivity index (χ1n) is 9.45. The highest BCUT2D eigenvalue weighted by Gasteiger charge is 2.40. The Bertz CT molecular complexity index is 1020. The van der Waals surface area contributed by atoms with Gasteiger partial charge in [0.05, 0.1) is 0 Å². The van der Waals surface area contributed by atoms with Gasteiger partial charge in [0.15, 0.2) is 0 Å².